The van der Waals surface area contributed by atoms with Crippen molar-refractivity contribution in [1.29, 1.82) is 0 Å². The Balaban J connectivity index is 1.68. The smallest absolute Gasteiger partial charge is 0.271 e. The van der Waals surface area contributed by atoms with Crippen molar-refractivity contribution in [3.8, 4) is 5.75 Å². The number of hydrogen-bond acceptors (Lipinski definition) is 7. The summed E-state index contributed by atoms with van der Waals surface area (Å²) in [5.41, 5.74) is 6.19. The number of nitrogens with zero attached hydrogens (tertiary/aromatic N) is 1. The number of Topliss-reactive ketones (excluding diaryl/α,β-unsaturated/α-hetero) is 1. The van der Waals surface area contributed by atoms with Gasteiger partial charge in [-0.15, -0.1) is 0 Å². The summed E-state index contributed by atoms with van der Waals surface area (Å²) in [6.45, 7) is 3.66. The van der Waals surface area contributed by atoms with E-state index in [1.54, 1.807) is 43.3 Å². The van der Waals surface area contributed by atoms with Gasteiger partial charge in [0.25, 0.3) is 5.79 Å². The number of nitrogen functional groups attached to an aromatic ring is 1. The van der Waals surface area contributed by atoms with E-state index in [-0.39, 0.29) is 16.8 Å². The van der Waals surface area contributed by atoms with Crippen molar-refractivity contribution < 1.29 is 24.5 Å². The summed E-state index contributed by atoms with van der Waals surface area (Å²) < 4.78 is 6.15. The van der Waals surface area contributed by atoms with Gasteiger partial charge in [-0.3, -0.25) is 14.5 Å². The molecule has 2 aromatic rings. The van der Waals surface area contributed by atoms with Crippen molar-refractivity contribution in [2.24, 2.45) is 5.92 Å². The first-order chi connectivity index (χ1) is 16.0. The van der Waals surface area contributed by atoms with Gasteiger partial charge in [0.15, 0.2) is 0 Å². The van der Waals surface area contributed by atoms with Gasteiger partial charge in [0.2, 0.25) is 17.2 Å². The molecule has 4 unspecified atom stereocenters. The van der Waals surface area contributed by atoms with Crippen molar-refractivity contribution >= 4 is 17.4 Å². The van der Waals surface area contributed by atoms with Crippen molar-refractivity contribution in [1.82, 2.24) is 10.2 Å². The molecule has 5 atom stereocenters. The van der Waals surface area contributed by atoms with Crippen molar-refractivity contribution in [2.75, 3.05) is 19.8 Å². The van der Waals surface area contributed by atoms with Crippen LogP contribution in [0.3, 0.4) is 0 Å². The monoisotopic (exact) mass is 465 g/mol. The number of amides is 1. The molecular weight excluding hydrogens is 434 g/mol. The minimum atomic E-state index is -2.18. The van der Waals surface area contributed by atoms with Crippen LogP contribution >= 0.6 is 0 Å². The van der Waals surface area contributed by atoms with Crippen LogP contribution in [-0.4, -0.2) is 53.0 Å². The van der Waals surface area contributed by atoms with Gasteiger partial charge in [-0.2, -0.15) is 0 Å². The van der Waals surface area contributed by atoms with Crippen LogP contribution in [0.25, 0.3) is 0 Å². The third kappa shape index (κ3) is 2.95. The maximum atomic E-state index is 14.0. The highest BCUT2D eigenvalue weighted by Gasteiger charge is 2.72. The Morgan fingerprint density at radius 3 is 2.53 bits per heavy atom. The lowest BCUT2D eigenvalue weighted by molar-refractivity contribution is -0.177. The zero-order valence-electron chi connectivity index (χ0n) is 19.8. The van der Waals surface area contributed by atoms with Gasteiger partial charge in [0, 0.05) is 16.8 Å². The summed E-state index contributed by atoms with van der Waals surface area (Å²) in [6.07, 6.45) is 1.34. The number of carbonyl (C=O) groups is 2. The molecule has 1 saturated carbocycles. The van der Waals surface area contributed by atoms with Crippen molar-refractivity contribution in [2.45, 2.75) is 56.1 Å². The molecule has 3 aliphatic rings. The highest BCUT2D eigenvalue weighted by atomic mass is 16.6. The Bertz CT molecular complexity index is 1180. The SMILES string of the molecule is CC(O)C(C(=O)NC12C(=O)c3c(N)cccc3[C@@]1(O)Oc1cc(C(C)C3CC3)ccc12)N(C)C. The number of likely N-dealkylation sites (N-methyl/N-ethyl adjacent to an activating group) is 1. The second-order valence-corrected chi connectivity index (χ2v) is 10.1. The molecular formula is C26H31N3O5. The van der Waals surface area contributed by atoms with Gasteiger partial charge in [-0.25, -0.2) is 0 Å². The second-order valence-electron chi connectivity index (χ2n) is 10.1. The minimum absolute atomic E-state index is 0.129. The number of aliphatic hydroxyl groups is 2. The highest BCUT2D eigenvalue weighted by molar-refractivity contribution is 6.15. The van der Waals surface area contributed by atoms with E-state index in [9.17, 15) is 19.8 Å². The first-order valence-electron chi connectivity index (χ1n) is 11.7. The maximum absolute atomic E-state index is 14.0. The molecule has 5 N–H and O–H groups in total. The largest absolute Gasteiger partial charge is 0.454 e. The molecule has 1 aliphatic heterocycles. The van der Waals surface area contributed by atoms with Crippen molar-refractivity contribution in [3.63, 3.8) is 0 Å². The fraction of sp³-hybridized carbons (Fsp3) is 0.462. The van der Waals surface area contributed by atoms with E-state index < -0.39 is 35.2 Å². The number of anilines is 1. The number of hydrogen-bond donors (Lipinski definition) is 4. The molecule has 8 nitrogen and oxygen atoms in total. The van der Waals surface area contributed by atoms with Crippen LogP contribution in [0, 0.1) is 5.92 Å². The van der Waals surface area contributed by atoms with Crippen LogP contribution in [0.15, 0.2) is 36.4 Å². The van der Waals surface area contributed by atoms with Gasteiger partial charge in [0.05, 0.1) is 11.7 Å². The molecule has 180 valence electrons. The molecule has 0 saturated heterocycles. The molecule has 0 aromatic heterocycles. The maximum Gasteiger partial charge on any atom is 0.271 e. The van der Waals surface area contributed by atoms with Crippen LogP contribution in [0.2, 0.25) is 0 Å². The third-order valence-electron chi connectivity index (χ3n) is 7.65. The van der Waals surface area contributed by atoms with Crippen LogP contribution in [0.4, 0.5) is 5.69 Å². The number of nitrogens with one attached hydrogen (secondary N) is 1. The number of aliphatic hydroxyl groups excluding tert-OH is 1. The number of ether oxygens (including phenoxy) is 1. The van der Waals surface area contributed by atoms with Gasteiger partial charge in [-0.1, -0.05) is 31.2 Å². The predicted molar refractivity (Wildman–Crippen MR) is 126 cm³/mol. The minimum Gasteiger partial charge on any atom is -0.454 e. The fourth-order valence-electron chi connectivity index (χ4n) is 5.68. The zero-order valence-corrected chi connectivity index (χ0v) is 19.8. The quantitative estimate of drug-likeness (QED) is 0.480. The molecule has 2 aliphatic carbocycles. The number of carbonyl (C=O) groups excluding carboxylic acids is 2. The van der Waals surface area contributed by atoms with E-state index in [2.05, 4.69) is 12.2 Å². The molecule has 1 heterocycles. The van der Waals surface area contributed by atoms with E-state index in [0.29, 0.717) is 23.1 Å². The van der Waals surface area contributed by atoms with E-state index >= 15 is 0 Å². The molecule has 0 bridgehead atoms. The van der Waals surface area contributed by atoms with Gasteiger partial charge >= 0.3 is 0 Å². The molecule has 5 rings (SSSR count). The van der Waals surface area contributed by atoms with Gasteiger partial charge in [-0.05, 0) is 63.4 Å². The Kier molecular flexibility index (Phi) is 5.06. The summed E-state index contributed by atoms with van der Waals surface area (Å²) in [4.78, 5) is 29.0. The first-order valence-corrected chi connectivity index (χ1v) is 11.7. The molecule has 34 heavy (non-hydrogen) atoms. The average Bonchev–Trinajstić information content (AvgIpc) is 3.55. The standard InChI is InChI=1S/C26H31N3O5/c1-13(15-8-9-15)16-10-11-17-20(12-16)34-26(33)18-6-5-7-19(27)21(18)23(31)25(17,26)28-24(32)22(14(2)30)29(3)4/h5-7,10-15,22,30,33H,8-9,27H2,1-4H3,(H,28,32)/t13?,14?,22?,25?,26-/m1/s1. The number of fused-ring (bicyclic) bond motifs is 5. The third-order valence-corrected chi connectivity index (χ3v) is 7.65. The lowest BCUT2D eigenvalue weighted by Crippen LogP contribution is -2.64. The van der Waals surface area contributed by atoms with E-state index in [1.165, 1.54) is 19.8 Å². The summed E-state index contributed by atoms with van der Waals surface area (Å²) in [5.74, 6) is -2.03. The second kappa shape index (κ2) is 7.53. The number of ketones is 1. The number of benzene rings is 2. The highest BCUT2D eigenvalue weighted by Crippen LogP contribution is 2.59. The fourth-order valence-corrected chi connectivity index (χ4v) is 5.68. The summed E-state index contributed by atoms with van der Waals surface area (Å²) in [6, 6.07) is 9.41. The average molecular weight is 466 g/mol. The number of rotatable bonds is 6. The number of nitrogens with two attached hydrogens (primary N) is 1. The van der Waals surface area contributed by atoms with Crippen LogP contribution < -0.4 is 15.8 Å². The normalized spacial score (nSPS) is 27.4. The predicted octanol–water partition coefficient (Wildman–Crippen LogP) is 1.84. The Morgan fingerprint density at radius 1 is 1.21 bits per heavy atom. The molecule has 2 aromatic carbocycles. The van der Waals surface area contributed by atoms with Crippen molar-refractivity contribution in [3.05, 3.63) is 58.7 Å². The van der Waals surface area contributed by atoms with E-state index in [4.69, 9.17) is 10.5 Å². The molecule has 0 spiro atoms. The Labute approximate surface area is 198 Å². The molecule has 8 heteroatoms. The van der Waals surface area contributed by atoms with Gasteiger partial charge in [0.1, 0.15) is 11.8 Å². The van der Waals surface area contributed by atoms with Crippen LogP contribution in [0.1, 0.15) is 59.7 Å². The topological polar surface area (TPSA) is 125 Å². The lowest BCUT2D eigenvalue weighted by Gasteiger charge is -2.37. The summed E-state index contributed by atoms with van der Waals surface area (Å²) in [7, 11) is 3.32. The molecule has 1 fully saturated rings. The van der Waals surface area contributed by atoms with E-state index in [0.717, 1.165) is 5.56 Å². The van der Waals surface area contributed by atoms with E-state index in [1.807, 2.05) is 12.1 Å². The van der Waals surface area contributed by atoms with Crippen LogP contribution in [0.5, 0.6) is 5.75 Å². The summed E-state index contributed by atoms with van der Waals surface area (Å²) in [5, 5.41) is 25.1. The Hall–Kier alpha value is -2.94. The molecule has 1 amide bonds. The Morgan fingerprint density at radius 2 is 1.91 bits per heavy atom. The zero-order chi connectivity index (χ0) is 24.6. The first kappa shape index (κ1) is 22.8. The summed E-state index contributed by atoms with van der Waals surface area (Å²) >= 11 is 0. The van der Waals surface area contributed by atoms with Crippen LogP contribution in [-0.2, 0) is 16.1 Å². The van der Waals surface area contributed by atoms with Gasteiger partial charge < -0.3 is 26.0 Å². The lowest BCUT2D eigenvalue weighted by atomic mass is 9.81. The molecule has 0 radical (unpaired) electrons.